The maximum atomic E-state index is 13.6. The zero-order chi connectivity index (χ0) is 25.2. The van der Waals surface area contributed by atoms with E-state index in [2.05, 4.69) is 20.9 Å². The minimum absolute atomic E-state index is 0.216. The highest BCUT2D eigenvalue weighted by Gasteiger charge is 2.19. The number of ketones is 1. The summed E-state index contributed by atoms with van der Waals surface area (Å²) in [6.07, 6.45) is 3.02. The minimum atomic E-state index is -0.277. The summed E-state index contributed by atoms with van der Waals surface area (Å²) < 4.78 is 6.42. The van der Waals surface area contributed by atoms with Gasteiger partial charge in [-0.2, -0.15) is 0 Å². The van der Waals surface area contributed by atoms with Crippen molar-refractivity contribution in [2.24, 2.45) is 0 Å². The maximum absolute atomic E-state index is 13.6. The van der Waals surface area contributed by atoms with Crippen LogP contribution in [0.1, 0.15) is 28.5 Å². The molecule has 36 heavy (non-hydrogen) atoms. The molecule has 6 heteroatoms. The molecule has 0 bridgehead atoms. The van der Waals surface area contributed by atoms with Gasteiger partial charge in [0.15, 0.2) is 5.78 Å². The number of allylic oxidation sites excluding steroid dienone is 1. The predicted molar refractivity (Wildman–Crippen MR) is 149 cm³/mol. The van der Waals surface area contributed by atoms with E-state index < -0.39 is 0 Å². The first-order valence-electron chi connectivity index (χ1n) is 11.6. The third-order valence-electron chi connectivity index (χ3n) is 6.01. The lowest BCUT2D eigenvalue weighted by Crippen LogP contribution is -2.10. The molecule has 5 nitrogen and oxygen atoms in total. The average Bonchev–Trinajstić information content (AvgIpc) is 2.87. The largest absolute Gasteiger partial charge is 0.494 e. The molecule has 0 aliphatic rings. The Hall–Kier alpha value is -4.03. The second kappa shape index (κ2) is 9.91. The van der Waals surface area contributed by atoms with Crippen molar-refractivity contribution in [1.29, 1.82) is 0 Å². The lowest BCUT2D eigenvalue weighted by atomic mass is 9.92. The van der Waals surface area contributed by atoms with E-state index in [1.54, 1.807) is 18.2 Å². The summed E-state index contributed by atoms with van der Waals surface area (Å²) in [5.41, 5.74) is 4.52. The van der Waals surface area contributed by atoms with E-state index >= 15 is 0 Å². The van der Waals surface area contributed by atoms with Crippen LogP contribution in [0.5, 0.6) is 5.75 Å². The smallest absolute Gasteiger partial charge is 0.255 e. The highest BCUT2D eigenvalue weighted by molar-refractivity contribution is 9.10. The highest BCUT2D eigenvalue weighted by atomic mass is 79.9. The van der Waals surface area contributed by atoms with Gasteiger partial charge in [-0.15, -0.1) is 0 Å². The first kappa shape index (κ1) is 23.7. The summed E-state index contributed by atoms with van der Waals surface area (Å²) in [6, 6.07) is 23.0. The van der Waals surface area contributed by atoms with Crippen molar-refractivity contribution in [3.05, 3.63) is 111 Å². The van der Waals surface area contributed by atoms with Crippen LogP contribution in [0, 0.1) is 6.92 Å². The van der Waals surface area contributed by atoms with Crippen LogP contribution in [0.4, 0.5) is 0 Å². The fourth-order valence-electron chi connectivity index (χ4n) is 4.39. The van der Waals surface area contributed by atoms with Gasteiger partial charge >= 0.3 is 0 Å². The summed E-state index contributed by atoms with van der Waals surface area (Å²) in [5.74, 6) is 0.477. The van der Waals surface area contributed by atoms with Crippen LogP contribution < -0.4 is 10.3 Å². The van der Waals surface area contributed by atoms with Crippen LogP contribution in [0.15, 0.2) is 88.1 Å². The summed E-state index contributed by atoms with van der Waals surface area (Å²) in [6.45, 7) is 4.30. The van der Waals surface area contributed by atoms with Crippen LogP contribution in [-0.2, 0) is 0 Å². The standard InChI is InChI=1S/C30H23BrN2O3/c1-3-36-23-12-9-20-15-21(30(35)33-26(20)17-23)10-14-27(34)28-18(2)32-25-13-11-22(31)16-24(25)29(28)19-7-5-4-6-8-19/h4-17H,3H2,1-2H3,(H,33,35). The Morgan fingerprint density at radius 2 is 1.86 bits per heavy atom. The van der Waals surface area contributed by atoms with E-state index in [0.717, 1.165) is 31.9 Å². The number of halogens is 1. The molecule has 178 valence electrons. The first-order valence-corrected chi connectivity index (χ1v) is 12.4. The Morgan fingerprint density at radius 1 is 1.06 bits per heavy atom. The molecular formula is C30H23BrN2O3. The quantitative estimate of drug-likeness (QED) is 0.184. The number of aromatic nitrogens is 2. The number of hydrogen-bond acceptors (Lipinski definition) is 4. The number of carbonyl (C=O) groups excluding carboxylic acids is 1. The number of rotatable bonds is 6. The number of ether oxygens (including phenoxy) is 1. The zero-order valence-electron chi connectivity index (χ0n) is 19.8. The molecule has 0 atom stereocenters. The molecule has 0 amide bonds. The molecule has 0 aliphatic carbocycles. The van der Waals surface area contributed by atoms with Crippen LogP contribution in [0.25, 0.3) is 39.0 Å². The van der Waals surface area contributed by atoms with Gasteiger partial charge in [0, 0.05) is 32.7 Å². The van der Waals surface area contributed by atoms with Gasteiger partial charge < -0.3 is 9.72 Å². The number of nitrogens with zero attached hydrogens (tertiary/aromatic N) is 1. The van der Waals surface area contributed by atoms with Gasteiger partial charge in [0.1, 0.15) is 5.75 Å². The van der Waals surface area contributed by atoms with E-state index in [1.807, 2.05) is 74.5 Å². The topological polar surface area (TPSA) is 72.0 Å². The third-order valence-corrected chi connectivity index (χ3v) is 6.50. The molecule has 0 aliphatic heterocycles. The Morgan fingerprint density at radius 3 is 2.64 bits per heavy atom. The van der Waals surface area contributed by atoms with Crippen LogP contribution in [-0.4, -0.2) is 22.4 Å². The van der Waals surface area contributed by atoms with Crippen LogP contribution in [0.3, 0.4) is 0 Å². The fourth-order valence-corrected chi connectivity index (χ4v) is 4.75. The molecule has 0 saturated carbocycles. The molecule has 0 radical (unpaired) electrons. The minimum Gasteiger partial charge on any atom is -0.494 e. The van der Waals surface area contributed by atoms with E-state index in [0.29, 0.717) is 34.7 Å². The number of H-pyrrole nitrogens is 1. The van der Waals surface area contributed by atoms with Crippen LogP contribution >= 0.6 is 15.9 Å². The molecule has 0 fully saturated rings. The third kappa shape index (κ3) is 4.60. The number of aryl methyl sites for hydroxylation is 1. The van der Waals surface area contributed by atoms with Gasteiger partial charge in [0.25, 0.3) is 5.56 Å². The Kier molecular flexibility index (Phi) is 6.53. The lowest BCUT2D eigenvalue weighted by molar-refractivity contribution is 0.104. The van der Waals surface area contributed by atoms with Gasteiger partial charge in [-0.3, -0.25) is 14.6 Å². The summed E-state index contributed by atoms with van der Waals surface area (Å²) >= 11 is 3.55. The number of benzene rings is 3. The van der Waals surface area contributed by atoms with Gasteiger partial charge in [-0.25, -0.2) is 0 Å². The molecule has 5 aromatic rings. The van der Waals surface area contributed by atoms with E-state index in [1.165, 1.54) is 6.08 Å². The molecule has 5 rings (SSSR count). The van der Waals surface area contributed by atoms with Crippen LogP contribution in [0.2, 0.25) is 0 Å². The summed E-state index contributed by atoms with van der Waals surface area (Å²) in [7, 11) is 0. The number of aromatic amines is 1. The van der Waals surface area contributed by atoms with E-state index in [-0.39, 0.29) is 11.3 Å². The summed E-state index contributed by atoms with van der Waals surface area (Å²) in [5, 5.41) is 1.73. The Bertz CT molecular complexity index is 1710. The molecule has 2 aromatic heterocycles. The van der Waals surface area contributed by atoms with Crippen molar-refractivity contribution in [1.82, 2.24) is 9.97 Å². The van der Waals surface area contributed by atoms with Crippen molar-refractivity contribution in [3.63, 3.8) is 0 Å². The van der Waals surface area contributed by atoms with Gasteiger partial charge in [0.2, 0.25) is 0 Å². The number of carbonyl (C=O) groups is 1. The predicted octanol–water partition coefficient (Wildman–Crippen LogP) is 7.11. The van der Waals surface area contributed by atoms with E-state index in [9.17, 15) is 9.59 Å². The number of hydrogen-bond donors (Lipinski definition) is 1. The number of nitrogens with one attached hydrogen (secondary N) is 1. The Labute approximate surface area is 216 Å². The first-order chi connectivity index (χ1) is 17.4. The molecule has 2 heterocycles. The van der Waals surface area contributed by atoms with Gasteiger partial charge in [-0.05, 0) is 73.3 Å². The van der Waals surface area contributed by atoms with Crippen molar-refractivity contribution in [2.75, 3.05) is 6.61 Å². The van der Waals surface area contributed by atoms with Crippen molar-refractivity contribution in [2.45, 2.75) is 13.8 Å². The second-order valence-corrected chi connectivity index (χ2v) is 9.32. The molecule has 0 saturated heterocycles. The summed E-state index contributed by atoms with van der Waals surface area (Å²) in [4.78, 5) is 33.9. The maximum Gasteiger partial charge on any atom is 0.255 e. The second-order valence-electron chi connectivity index (χ2n) is 8.41. The molecule has 3 aromatic carbocycles. The fraction of sp³-hybridized carbons (Fsp3) is 0.100. The molecular weight excluding hydrogens is 516 g/mol. The van der Waals surface area contributed by atoms with Crippen molar-refractivity contribution in [3.8, 4) is 16.9 Å². The van der Waals surface area contributed by atoms with Gasteiger partial charge in [-0.1, -0.05) is 46.3 Å². The normalized spacial score (nSPS) is 11.4. The average molecular weight is 539 g/mol. The number of pyridine rings is 2. The Balaban J connectivity index is 1.60. The monoisotopic (exact) mass is 538 g/mol. The molecule has 0 unspecified atom stereocenters. The SMILES string of the molecule is CCOc1ccc2cc(C=CC(=O)c3c(C)nc4ccc(Br)cc4c3-c3ccccc3)c(=O)[nH]c2c1. The number of fused-ring (bicyclic) bond motifs is 2. The molecule has 0 spiro atoms. The van der Waals surface area contributed by atoms with Crippen molar-refractivity contribution < 1.29 is 9.53 Å². The van der Waals surface area contributed by atoms with E-state index in [4.69, 9.17) is 9.72 Å². The lowest BCUT2D eigenvalue weighted by Gasteiger charge is -2.14. The van der Waals surface area contributed by atoms with Gasteiger partial charge in [0.05, 0.1) is 23.2 Å². The highest BCUT2D eigenvalue weighted by Crippen LogP contribution is 2.35. The van der Waals surface area contributed by atoms with Crippen molar-refractivity contribution >= 4 is 49.6 Å². The zero-order valence-corrected chi connectivity index (χ0v) is 21.4. The molecule has 1 N–H and O–H groups in total.